The molecule has 1 aromatic rings. The van der Waals surface area contributed by atoms with Gasteiger partial charge in [-0.1, -0.05) is 0 Å². The number of halogens is 3. The summed E-state index contributed by atoms with van der Waals surface area (Å²) in [7, 11) is 0. The van der Waals surface area contributed by atoms with E-state index in [1.807, 2.05) is 4.90 Å². The van der Waals surface area contributed by atoms with Crippen LogP contribution in [0.15, 0.2) is 30.0 Å². The van der Waals surface area contributed by atoms with Gasteiger partial charge in [0.1, 0.15) is 17.7 Å². The van der Waals surface area contributed by atoms with Gasteiger partial charge >= 0.3 is 6.18 Å². The molecule has 0 radical (unpaired) electrons. The number of nitrogens with zero attached hydrogens (tertiary/aromatic N) is 3. The first-order valence-electron chi connectivity index (χ1n) is 7.19. The van der Waals surface area contributed by atoms with E-state index >= 15 is 0 Å². The topological polar surface area (TPSA) is 62.9 Å². The highest BCUT2D eigenvalue weighted by Gasteiger charge is 2.31. The van der Waals surface area contributed by atoms with Crippen molar-refractivity contribution in [3.63, 3.8) is 0 Å². The van der Waals surface area contributed by atoms with Crippen LogP contribution in [0.1, 0.15) is 24.8 Å². The third-order valence-corrected chi connectivity index (χ3v) is 3.63. The number of nitriles is 2. The van der Waals surface area contributed by atoms with E-state index in [4.69, 9.17) is 10.5 Å². The van der Waals surface area contributed by atoms with Crippen molar-refractivity contribution in [1.82, 2.24) is 0 Å². The molecule has 1 fully saturated rings. The van der Waals surface area contributed by atoms with E-state index in [1.54, 1.807) is 12.1 Å². The highest BCUT2D eigenvalue weighted by atomic mass is 19.4. The normalized spacial score (nSPS) is 14.6. The Hall–Kier alpha value is -2.67. The third-order valence-electron chi connectivity index (χ3n) is 3.63. The summed E-state index contributed by atoms with van der Waals surface area (Å²) in [6.07, 6.45) is -0.251. The second-order valence-corrected chi connectivity index (χ2v) is 5.20. The number of hydrogen-bond donors (Lipinski definition) is 1. The molecule has 1 N–H and O–H groups in total. The highest BCUT2D eigenvalue weighted by Crippen LogP contribution is 2.36. The van der Waals surface area contributed by atoms with E-state index in [-0.39, 0.29) is 11.3 Å². The number of rotatable bonds is 3. The van der Waals surface area contributed by atoms with Crippen molar-refractivity contribution in [2.24, 2.45) is 0 Å². The zero-order valence-corrected chi connectivity index (χ0v) is 12.3. The lowest BCUT2D eigenvalue weighted by Gasteiger charge is -2.30. The molecule has 0 amide bonds. The summed E-state index contributed by atoms with van der Waals surface area (Å²) in [5.74, 6) is 0. The van der Waals surface area contributed by atoms with Crippen molar-refractivity contribution in [2.75, 3.05) is 23.3 Å². The number of anilines is 2. The predicted molar refractivity (Wildman–Crippen MR) is 80.4 cm³/mol. The molecule has 1 aliphatic heterocycles. The van der Waals surface area contributed by atoms with Crippen LogP contribution in [-0.2, 0) is 6.18 Å². The smallest absolute Gasteiger partial charge is 0.370 e. The van der Waals surface area contributed by atoms with Gasteiger partial charge in [0, 0.05) is 19.3 Å². The van der Waals surface area contributed by atoms with Gasteiger partial charge in [0.05, 0.1) is 16.9 Å². The first kappa shape index (κ1) is 16.7. The number of alkyl halides is 3. The molecule has 0 spiro atoms. The third kappa shape index (κ3) is 4.17. The molecular formula is C16H15F3N4. The lowest BCUT2D eigenvalue weighted by Crippen LogP contribution is -2.30. The predicted octanol–water partition coefficient (Wildman–Crippen LogP) is 4.04. The summed E-state index contributed by atoms with van der Waals surface area (Å²) in [6.45, 7) is 1.54. The van der Waals surface area contributed by atoms with Crippen molar-refractivity contribution in [2.45, 2.75) is 25.4 Å². The quantitative estimate of drug-likeness (QED) is 0.854. The first-order chi connectivity index (χ1) is 11.0. The molecule has 1 heterocycles. The average molecular weight is 320 g/mol. The fourth-order valence-corrected chi connectivity index (χ4v) is 2.48. The van der Waals surface area contributed by atoms with Gasteiger partial charge in [0.25, 0.3) is 0 Å². The van der Waals surface area contributed by atoms with Gasteiger partial charge in [-0.3, -0.25) is 0 Å². The summed E-state index contributed by atoms with van der Waals surface area (Å²) in [5.41, 5.74) is -0.0921. The average Bonchev–Trinajstić information content (AvgIpc) is 2.55. The molecule has 120 valence electrons. The molecule has 0 atom stereocenters. The Bertz CT molecular complexity index is 658. The van der Waals surface area contributed by atoms with Crippen LogP contribution >= 0.6 is 0 Å². The van der Waals surface area contributed by atoms with E-state index < -0.39 is 11.7 Å². The molecular weight excluding hydrogens is 305 g/mol. The minimum atomic E-state index is -4.45. The van der Waals surface area contributed by atoms with Crippen molar-refractivity contribution >= 4 is 11.4 Å². The van der Waals surface area contributed by atoms with Gasteiger partial charge in [-0.05, 0) is 37.5 Å². The van der Waals surface area contributed by atoms with Gasteiger partial charge in [0.2, 0.25) is 0 Å². The Morgan fingerprint density at radius 1 is 1.13 bits per heavy atom. The maximum Gasteiger partial charge on any atom is 0.416 e. The molecule has 0 aliphatic carbocycles. The molecule has 0 saturated carbocycles. The van der Waals surface area contributed by atoms with Gasteiger partial charge in [-0.15, -0.1) is 0 Å². The number of benzene rings is 1. The number of hydrogen-bond acceptors (Lipinski definition) is 4. The van der Waals surface area contributed by atoms with Crippen LogP contribution in [0.2, 0.25) is 0 Å². The summed E-state index contributed by atoms with van der Waals surface area (Å²) < 4.78 is 38.7. The Balaban J connectivity index is 2.39. The SMILES string of the molecule is N#CC(C#N)=CNc1cc(C(F)(F)F)ccc1N1CCCCC1. The van der Waals surface area contributed by atoms with Crippen LogP contribution in [0.5, 0.6) is 0 Å². The van der Waals surface area contributed by atoms with E-state index in [2.05, 4.69) is 5.32 Å². The summed E-state index contributed by atoms with van der Waals surface area (Å²) in [4.78, 5) is 2.01. The lowest BCUT2D eigenvalue weighted by molar-refractivity contribution is -0.137. The molecule has 1 aromatic carbocycles. The van der Waals surface area contributed by atoms with E-state index in [0.29, 0.717) is 5.69 Å². The van der Waals surface area contributed by atoms with Crippen LogP contribution in [0.25, 0.3) is 0 Å². The van der Waals surface area contributed by atoms with Crippen LogP contribution in [-0.4, -0.2) is 13.1 Å². The van der Waals surface area contributed by atoms with E-state index in [0.717, 1.165) is 50.7 Å². The summed E-state index contributed by atoms with van der Waals surface area (Å²) >= 11 is 0. The van der Waals surface area contributed by atoms with Gasteiger partial charge in [0.15, 0.2) is 0 Å². The maximum absolute atomic E-state index is 12.9. The number of piperidine rings is 1. The number of nitrogens with one attached hydrogen (secondary N) is 1. The highest BCUT2D eigenvalue weighted by molar-refractivity contribution is 5.72. The van der Waals surface area contributed by atoms with Crippen LogP contribution in [0, 0.1) is 22.7 Å². The molecule has 2 rings (SSSR count). The largest absolute Gasteiger partial charge is 0.416 e. The number of allylic oxidation sites excluding steroid dienone is 1. The van der Waals surface area contributed by atoms with Crippen LogP contribution in [0.3, 0.4) is 0 Å². The molecule has 0 bridgehead atoms. The summed E-state index contributed by atoms with van der Waals surface area (Å²) in [6, 6.07) is 6.82. The fourth-order valence-electron chi connectivity index (χ4n) is 2.48. The molecule has 0 unspecified atom stereocenters. The lowest BCUT2D eigenvalue weighted by atomic mass is 10.1. The maximum atomic E-state index is 12.9. The monoisotopic (exact) mass is 320 g/mol. The first-order valence-corrected chi connectivity index (χ1v) is 7.19. The second kappa shape index (κ2) is 7.06. The zero-order valence-electron chi connectivity index (χ0n) is 12.3. The standard InChI is InChI=1S/C16H15F3N4/c17-16(18,19)13-4-5-15(23-6-2-1-3-7-23)14(8-13)22-11-12(9-20)10-21/h4-5,8,11,22H,1-3,6-7H2. The molecule has 0 aromatic heterocycles. The summed E-state index contributed by atoms with van der Waals surface area (Å²) in [5, 5.41) is 20.1. The second-order valence-electron chi connectivity index (χ2n) is 5.20. The van der Waals surface area contributed by atoms with E-state index in [9.17, 15) is 13.2 Å². The Morgan fingerprint density at radius 2 is 1.78 bits per heavy atom. The van der Waals surface area contributed by atoms with Crippen molar-refractivity contribution in [3.05, 3.63) is 35.5 Å². The Morgan fingerprint density at radius 3 is 2.35 bits per heavy atom. The van der Waals surface area contributed by atoms with Crippen molar-refractivity contribution < 1.29 is 13.2 Å². The molecule has 7 heteroatoms. The molecule has 1 saturated heterocycles. The van der Waals surface area contributed by atoms with Crippen molar-refractivity contribution in [1.29, 1.82) is 10.5 Å². The minimum Gasteiger partial charge on any atom is -0.370 e. The Kier molecular flexibility index (Phi) is 5.13. The van der Waals surface area contributed by atoms with Crippen molar-refractivity contribution in [3.8, 4) is 12.1 Å². The Labute approximate surface area is 132 Å². The van der Waals surface area contributed by atoms with Gasteiger partial charge < -0.3 is 10.2 Å². The zero-order chi connectivity index (χ0) is 16.9. The van der Waals surface area contributed by atoms with Crippen LogP contribution < -0.4 is 10.2 Å². The van der Waals surface area contributed by atoms with Gasteiger partial charge in [-0.2, -0.15) is 23.7 Å². The van der Waals surface area contributed by atoms with Crippen LogP contribution in [0.4, 0.5) is 24.5 Å². The minimum absolute atomic E-state index is 0.202. The van der Waals surface area contributed by atoms with E-state index in [1.165, 1.54) is 6.07 Å². The fraction of sp³-hybridized carbons (Fsp3) is 0.375. The molecule has 1 aliphatic rings. The molecule has 4 nitrogen and oxygen atoms in total. The molecule has 23 heavy (non-hydrogen) atoms. The van der Waals surface area contributed by atoms with Gasteiger partial charge in [-0.25, -0.2) is 0 Å².